The van der Waals surface area contributed by atoms with Crippen LogP contribution in [0.2, 0.25) is 0 Å². The van der Waals surface area contributed by atoms with Crippen LogP contribution >= 0.6 is 11.3 Å². The average Bonchev–Trinajstić information content (AvgIpc) is 2.59. The van der Waals surface area contributed by atoms with E-state index in [0.717, 1.165) is 6.54 Å². The lowest BCUT2D eigenvalue weighted by atomic mass is 10.2. The average molecular weight is 215 g/mol. The predicted molar refractivity (Wildman–Crippen MR) is 58.6 cm³/mol. The van der Waals surface area contributed by atoms with Crippen molar-refractivity contribution in [2.24, 2.45) is 0 Å². The van der Waals surface area contributed by atoms with Gasteiger partial charge < -0.3 is 14.8 Å². The van der Waals surface area contributed by atoms with Gasteiger partial charge in [-0.3, -0.25) is 0 Å². The van der Waals surface area contributed by atoms with E-state index >= 15 is 0 Å². The van der Waals surface area contributed by atoms with E-state index in [1.54, 1.807) is 25.6 Å². The summed E-state index contributed by atoms with van der Waals surface area (Å²) in [4.78, 5) is 0. The van der Waals surface area contributed by atoms with Gasteiger partial charge >= 0.3 is 0 Å². The summed E-state index contributed by atoms with van der Waals surface area (Å²) < 4.78 is 10.1. The Hall–Kier alpha value is -0.420. The van der Waals surface area contributed by atoms with Crippen molar-refractivity contribution in [1.29, 1.82) is 0 Å². The summed E-state index contributed by atoms with van der Waals surface area (Å²) in [6, 6.07) is 0. The molecule has 4 heteroatoms. The zero-order valence-electron chi connectivity index (χ0n) is 8.87. The molecule has 1 heterocycles. The third-order valence-electron chi connectivity index (χ3n) is 2.11. The van der Waals surface area contributed by atoms with Gasteiger partial charge in [0.2, 0.25) is 0 Å². The summed E-state index contributed by atoms with van der Waals surface area (Å²) in [7, 11) is 3.29. The minimum Gasteiger partial charge on any atom is -0.355 e. The normalized spacial score (nSPS) is 11.1. The molecule has 0 fully saturated rings. The molecule has 0 amide bonds. The van der Waals surface area contributed by atoms with Gasteiger partial charge in [0, 0.05) is 27.3 Å². The molecular weight excluding hydrogens is 198 g/mol. The highest BCUT2D eigenvalue weighted by Gasteiger charge is 2.04. The number of methoxy groups -OCH3 is 2. The number of aryl methyl sites for hydroxylation is 1. The van der Waals surface area contributed by atoms with Gasteiger partial charge in [-0.05, 0) is 28.8 Å². The molecule has 80 valence electrons. The molecule has 0 atom stereocenters. The van der Waals surface area contributed by atoms with E-state index in [2.05, 4.69) is 23.0 Å². The molecule has 1 rings (SSSR count). The van der Waals surface area contributed by atoms with E-state index in [1.165, 1.54) is 11.1 Å². The van der Waals surface area contributed by atoms with Crippen LogP contribution in [-0.2, 0) is 16.0 Å². The van der Waals surface area contributed by atoms with Gasteiger partial charge in [-0.25, -0.2) is 0 Å². The third kappa shape index (κ3) is 3.38. The van der Waals surface area contributed by atoms with Crippen molar-refractivity contribution in [3.05, 3.63) is 21.9 Å². The van der Waals surface area contributed by atoms with Crippen molar-refractivity contribution < 1.29 is 9.47 Å². The molecule has 0 aliphatic carbocycles. The van der Waals surface area contributed by atoms with Gasteiger partial charge in [0.15, 0.2) is 6.29 Å². The minimum absolute atomic E-state index is 0.158. The number of hydrogen-bond acceptors (Lipinski definition) is 4. The summed E-state index contributed by atoms with van der Waals surface area (Å²) in [5, 5.41) is 7.60. The highest BCUT2D eigenvalue weighted by atomic mass is 32.1. The molecule has 0 aromatic carbocycles. The molecule has 1 aromatic rings. The van der Waals surface area contributed by atoms with Crippen LogP contribution in [0.4, 0.5) is 0 Å². The monoisotopic (exact) mass is 215 g/mol. The van der Waals surface area contributed by atoms with Crippen molar-refractivity contribution in [2.75, 3.05) is 20.8 Å². The second-order valence-electron chi connectivity index (χ2n) is 3.11. The van der Waals surface area contributed by atoms with Gasteiger partial charge in [0.05, 0.1) is 0 Å². The number of nitrogens with one attached hydrogen (secondary N) is 1. The van der Waals surface area contributed by atoms with E-state index in [-0.39, 0.29) is 6.29 Å². The Morgan fingerprint density at radius 1 is 1.36 bits per heavy atom. The first-order chi connectivity index (χ1) is 6.77. The first-order valence-corrected chi connectivity index (χ1v) is 5.50. The fourth-order valence-electron chi connectivity index (χ4n) is 1.16. The lowest BCUT2D eigenvalue weighted by Gasteiger charge is -2.13. The molecule has 0 bridgehead atoms. The molecule has 0 radical (unpaired) electrons. The second kappa shape index (κ2) is 6.14. The summed E-state index contributed by atoms with van der Waals surface area (Å²) in [5.74, 6) is 0. The van der Waals surface area contributed by atoms with Gasteiger partial charge in [-0.15, -0.1) is 0 Å². The van der Waals surface area contributed by atoms with Crippen LogP contribution in [0.15, 0.2) is 10.8 Å². The molecule has 0 aliphatic heterocycles. The van der Waals surface area contributed by atoms with E-state index < -0.39 is 0 Å². The summed E-state index contributed by atoms with van der Waals surface area (Å²) in [5.41, 5.74) is 2.69. The van der Waals surface area contributed by atoms with Gasteiger partial charge in [0.25, 0.3) is 0 Å². The number of hydrogen-bond donors (Lipinski definition) is 1. The highest BCUT2D eigenvalue weighted by Crippen LogP contribution is 2.12. The van der Waals surface area contributed by atoms with E-state index in [1.807, 2.05) is 0 Å². The van der Waals surface area contributed by atoms with E-state index in [9.17, 15) is 0 Å². The molecule has 0 unspecified atom stereocenters. The second-order valence-corrected chi connectivity index (χ2v) is 3.86. The fraction of sp³-hybridized carbons (Fsp3) is 0.600. The molecule has 0 aliphatic rings. The maximum atomic E-state index is 5.07. The van der Waals surface area contributed by atoms with Crippen LogP contribution in [0.3, 0.4) is 0 Å². The molecule has 1 N–H and O–H groups in total. The predicted octanol–water partition coefficient (Wildman–Crippen LogP) is 1.77. The van der Waals surface area contributed by atoms with Gasteiger partial charge in [0.1, 0.15) is 0 Å². The van der Waals surface area contributed by atoms with Gasteiger partial charge in [-0.1, -0.05) is 0 Å². The minimum atomic E-state index is -0.158. The Labute approximate surface area is 89.0 Å². The highest BCUT2D eigenvalue weighted by molar-refractivity contribution is 7.08. The van der Waals surface area contributed by atoms with Crippen LogP contribution < -0.4 is 5.32 Å². The van der Waals surface area contributed by atoms with Crippen molar-refractivity contribution in [3.8, 4) is 0 Å². The molecule has 0 saturated carbocycles. The number of thiophene rings is 1. The number of ether oxygens (including phenoxy) is 2. The Morgan fingerprint density at radius 2 is 2.07 bits per heavy atom. The smallest absolute Gasteiger partial charge is 0.169 e. The largest absolute Gasteiger partial charge is 0.355 e. The summed E-state index contributed by atoms with van der Waals surface area (Å²) >= 11 is 1.73. The zero-order chi connectivity index (χ0) is 10.4. The SMILES string of the molecule is COC(CNCc1cscc1C)OC. The Morgan fingerprint density at radius 3 is 2.57 bits per heavy atom. The molecular formula is C10H17NO2S. The first-order valence-electron chi connectivity index (χ1n) is 4.56. The van der Waals surface area contributed by atoms with Crippen LogP contribution in [0.1, 0.15) is 11.1 Å². The van der Waals surface area contributed by atoms with Crippen LogP contribution in [-0.4, -0.2) is 27.1 Å². The Kier molecular flexibility index (Phi) is 5.11. The van der Waals surface area contributed by atoms with E-state index in [4.69, 9.17) is 9.47 Å². The summed E-state index contributed by atoms with van der Waals surface area (Å²) in [6.07, 6.45) is -0.158. The molecule has 1 aromatic heterocycles. The molecule has 3 nitrogen and oxygen atoms in total. The quantitative estimate of drug-likeness (QED) is 0.734. The Balaban J connectivity index is 2.24. The van der Waals surface area contributed by atoms with Crippen molar-refractivity contribution in [1.82, 2.24) is 5.32 Å². The molecule has 0 saturated heterocycles. The maximum absolute atomic E-state index is 5.07. The Bertz CT molecular complexity index is 258. The maximum Gasteiger partial charge on any atom is 0.169 e. The van der Waals surface area contributed by atoms with Crippen LogP contribution in [0.25, 0.3) is 0 Å². The number of rotatable bonds is 6. The van der Waals surface area contributed by atoms with Crippen LogP contribution in [0, 0.1) is 6.92 Å². The topological polar surface area (TPSA) is 30.5 Å². The van der Waals surface area contributed by atoms with Gasteiger partial charge in [-0.2, -0.15) is 11.3 Å². The fourth-order valence-corrected chi connectivity index (χ4v) is 2.01. The molecule has 14 heavy (non-hydrogen) atoms. The first kappa shape index (κ1) is 11.7. The zero-order valence-corrected chi connectivity index (χ0v) is 9.69. The lowest BCUT2D eigenvalue weighted by Crippen LogP contribution is -2.29. The molecule has 0 spiro atoms. The van der Waals surface area contributed by atoms with Crippen molar-refractivity contribution in [3.63, 3.8) is 0 Å². The summed E-state index contributed by atoms with van der Waals surface area (Å²) in [6.45, 7) is 3.71. The van der Waals surface area contributed by atoms with Crippen LogP contribution in [0.5, 0.6) is 0 Å². The lowest BCUT2D eigenvalue weighted by molar-refractivity contribution is -0.0989. The third-order valence-corrected chi connectivity index (χ3v) is 3.02. The van der Waals surface area contributed by atoms with E-state index in [0.29, 0.717) is 6.54 Å². The standard InChI is InChI=1S/C10H17NO2S/c1-8-6-14-7-9(8)4-11-5-10(12-2)13-3/h6-7,10-11H,4-5H2,1-3H3. The van der Waals surface area contributed by atoms with Crippen molar-refractivity contribution in [2.45, 2.75) is 19.8 Å². The van der Waals surface area contributed by atoms with Crippen molar-refractivity contribution >= 4 is 11.3 Å².